The molecular weight excluding hydrogens is 330 g/mol. The number of hydrogen-bond donors (Lipinski definition) is 1. The number of rotatable bonds is 8. The molecule has 1 saturated heterocycles. The smallest absolute Gasteiger partial charge is 0.162 e. The van der Waals surface area contributed by atoms with E-state index in [0.717, 1.165) is 44.5 Å². The van der Waals surface area contributed by atoms with E-state index in [1.807, 2.05) is 6.07 Å². The number of hydrogen-bond acceptors (Lipinski definition) is 5. The number of aliphatic hydroxyl groups excluding tert-OH is 1. The van der Waals surface area contributed by atoms with Gasteiger partial charge in [0, 0.05) is 43.3 Å². The third-order valence-corrected chi connectivity index (χ3v) is 5.21. The van der Waals surface area contributed by atoms with Crippen molar-refractivity contribution in [1.82, 2.24) is 4.90 Å². The number of aliphatic hydroxyl groups is 1. The van der Waals surface area contributed by atoms with Crippen molar-refractivity contribution in [1.29, 1.82) is 0 Å². The van der Waals surface area contributed by atoms with Crippen LogP contribution in [0.15, 0.2) is 12.1 Å². The van der Waals surface area contributed by atoms with Gasteiger partial charge < -0.3 is 19.3 Å². The van der Waals surface area contributed by atoms with Gasteiger partial charge in [-0.05, 0) is 37.4 Å². The van der Waals surface area contributed by atoms with Crippen LogP contribution in [0, 0.1) is 5.41 Å². The number of benzene rings is 1. The first-order chi connectivity index (χ1) is 11.6. The molecular formula is C18H28ClNO4. The molecule has 1 aliphatic heterocycles. The Kier molecular flexibility index (Phi) is 7.16. The summed E-state index contributed by atoms with van der Waals surface area (Å²) < 4.78 is 15.9. The third-order valence-electron chi connectivity index (χ3n) is 4.86. The topological polar surface area (TPSA) is 51.2 Å². The highest BCUT2D eigenvalue weighted by molar-refractivity contribution is 6.31. The molecule has 6 heteroatoms. The predicted octanol–water partition coefficient (Wildman–Crippen LogP) is 2.97. The summed E-state index contributed by atoms with van der Waals surface area (Å²) in [5.41, 5.74) is 0.923. The average Bonchev–Trinajstić information content (AvgIpc) is 2.61. The number of ether oxygens (including phenoxy) is 3. The summed E-state index contributed by atoms with van der Waals surface area (Å²) in [5, 5.41) is 10.6. The summed E-state index contributed by atoms with van der Waals surface area (Å²) in [6.07, 6.45) is 2.97. The maximum atomic E-state index is 9.91. The van der Waals surface area contributed by atoms with Gasteiger partial charge in [-0.25, -0.2) is 0 Å². The fraction of sp³-hybridized carbons (Fsp3) is 0.667. The third kappa shape index (κ3) is 4.54. The van der Waals surface area contributed by atoms with Crippen LogP contribution in [0.4, 0.5) is 0 Å². The lowest BCUT2D eigenvalue weighted by molar-refractivity contribution is 0.00475. The SMILES string of the molecule is COCCC1(CO)CCCN(Cc2cc(OC)c(OC)cc2Cl)C1. The molecule has 0 spiro atoms. The Morgan fingerprint density at radius 1 is 1.21 bits per heavy atom. The van der Waals surface area contributed by atoms with E-state index in [0.29, 0.717) is 23.1 Å². The molecule has 0 radical (unpaired) electrons. The Labute approximate surface area is 149 Å². The van der Waals surface area contributed by atoms with Gasteiger partial charge in [0.1, 0.15) is 0 Å². The van der Waals surface area contributed by atoms with Crippen LogP contribution >= 0.6 is 11.6 Å². The number of halogens is 1. The molecule has 1 aliphatic rings. The van der Waals surface area contributed by atoms with E-state index in [1.54, 1.807) is 27.4 Å². The lowest BCUT2D eigenvalue weighted by Gasteiger charge is -2.42. The minimum absolute atomic E-state index is 0.0860. The maximum Gasteiger partial charge on any atom is 0.162 e. The molecule has 0 amide bonds. The van der Waals surface area contributed by atoms with Gasteiger partial charge in [0.2, 0.25) is 0 Å². The summed E-state index contributed by atoms with van der Waals surface area (Å²) in [6, 6.07) is 3.73. The highest BCUT2D eigenvalue weighted by Gasteiger charge is 2.34. The molecule has 0 aromatic heterocycles. The van der Waals surface area contributed by atoms with Crippen LogP contribution in [0.2, 0.25) is 5.02 Å². The van der Waals surface area contributed by atoms with Crippen molar-refractivity contribution in [3.63, 3.8) is 0 Å². The summed E-state index contributed by atoms with van der Waals surface area (Å²) in [7, 11) is 4.93. The Balaban J connectivity index is 2.12. The van der Waals surface area contributed by atoms with E-state index in [4.69, 9.17) is 25.8 Å². The van der Waals surface area contributed by atoms with E-state index in [1.165, 1.54) is 0 Å². The van der Waals surface area contributed by atoms with E-state index in [2.05, 4.69) is 4.90 Å². The zero-order valence-corrected chi connectivity index (χ0v) is 15.6. The van der Waals surface area contributed by atoms with Crippen LogP contribution in [0.1, 0.15) is 24.8 Å². The quantitative estimate of drug-likeness (QED) is 0.775. The summed E-state index contributed by atoms with van der Waals surface area (Å²) >= 11 is 6.41. The van der Waals surface area contributed by atoms with Crippen LogP contribution in [-0.2, 0) is 11.3 Å². The second-order valence-corrected chi connectivity index (χ2v) is 6.92. The first-order valence-electron chi connectivity index (χ1n) is 8.30. The van der Waals surface area contributed by atoms with Crippen LogP contribution in [0.5, 0.6) is 11.5 Å². The largest absolute Gasteiger partial charge is 0.493 e. The molecule has 0 bridgehead atoms. The number of likely N-dealkylation sites (tertiary alicyclic amines) is 1. The number of piperidine rings is 1. The van der Waals surface area contributed by atoms with Gasteiger partial charge in [-0.1, -0.05) is 11.6 Å². The van der Waals surface area contributed by atoms with Gasteiger partial charge in [0.25, 0.3) is 0 Å². The number of nitrogens with zero attached hydrogens (tertiary/aromatic N) is 1. The van der Waals surface area contributed by atoms with Gasteiger partial charge in [-0.2, -0.15) is 0 Å². The molecule has 136 valence electrons. The van der Waals surface area contributed by atoms with Gasteiger partial charge in [0.15, 0.2) is 11.5 Å². The second kappa shape index (κ2) is 8.90. The van der Waals surface area contributed by atoms with Gasteiger partial charge in [-0.15, -0.1) is 0 Å². The molecule has 1 aromatic rings. The van der Waals surface area contributed by atoms with Gasteiger partial charge in [0.05, 0.1) is 20.8 Å². The van der Waals surface area contributed by atoms with Crippen molar-refractivity contribution in [2.24, 2.45) is 5.41 Å². The molecule has 0 aliphatic carbocycles. The fourth-order valence-electron chi connectivity index (χ4n) is 3.43. The van der Waals surface area contributed by atoms with Crippen LogP contribution < -0.4 is 9.47 Å². The minimum Gasteiger partial charge on any atom is -0.493 e. The molecule has 2 rings (SSSR count). The van der Waals surface area contributed by atoms with Crippen molar-refractivity contribution in [2.75, 3.05) is 47.6 Å². The fourth-order valence-corrected chi connectivity index (χ4v) is 3.65. The Morgan fingerprint density at radius 2 is 1.92 bits per heavy atom. The average molecular weight is 358 g/mol. The first kappa shape index (κ1) is 19.3. The van der Waals surface area contributed by atoms with Crippen LogP contribution in [0.25, 0.3) is 0 Å². The number of methoxy groups -OCH3 is 3. The maximum absolute atomic E-state index is 9.91. The normalized spacial score (nSPS) is 21.7. The highest BCUT2D eigenvalue weighted by atomic mass is 35.5. The molecule has 1 N–H and O–H groups in total. The Bertz CT molecular complexity index is 540. The van der Waals surface area contributed by atoms with Gasteiger partial charge in [-0.3, -0.25) is 4.90 Å². The van der Waals surface area contributed by atoms with Crippen molar-refractivity contribution in [3.05, 3.63) is 22.7 Å². The summed E-state index contributed by atoms with van der Waals surface area (Å²) in [6.45, 7) is 3.43. The Hall–Kier alpha value is -1.01. The molecule has 0 saturated carbocycles. The summed E-state index contributed by atoms with van der Waals surface area (Å²) in [4.78, 5) is 2.35. The van der Waals surface area contributed by atoms with E-state index >= 15 is 0 Å². The second-order valence-electron chi connectivity index (χ2n) is 6.51. The van der Waals surface area contributed by atoms with Crippen molar-refractivity contribution < 1.29 is 19.3 Å². The van der Waals surface area contributed by atoms with E-state index < -0.39 is 0 Å². The Morgan fingerprint density at radius 3 is 2.54 bits per heavy atom. The monoisotopic (exact) mass is 357 g/mol. The lowest BCUT2D eigenvalue weighted by atomic mass is 9.78. The molecule has 1 unspecified atom stereocenters. The summed E-state index contributed by atoms with van der Waals surface area (Å²) in [5.74, 6) is 1.32. The van der Waals surface area contributed by atoms with E-state index in [9.17, 15) is 5.11 Å². The van der Waals surface area contributed by atoms with E-state index in [-0.39, 0.29) is 12.0 Å². The van der Waals surface area contributed by atoms with Crippen molar-refractivity contribution >= 4 is 11.6 Å². The van der Waals surface area contributed by atoms with Gasteiger partial charge >= 0.3 is 0 Å². The zero-order chi connectivity index (χ0) is 17.6. The zero-order valence-electron chi connectivity index (χ0n) is 14.8. The standard InChI is InChI=1S/C18H28ClNO4/c1-22-8-6-18(13-21)5-4-7-20(12-18)11-14-9-16(23-2)17(24-3)10-15(14)19/h9-10,21H,4-8,11-13H2,1-3H3. The predicted molar refractivity (Wildman–Crippen MR) is 95.1 cm³/mol. The molecule has 1 heterocycles. The van der Waals surface area contributed by atoms with Crippen molar-refractivity contribution in [2.45, 2.75) is 25.8 Å². The lowest BCUT2D eigenvalue weighted by Crippen LogP contribution is -2.45. The molecule has 5 nitrogen and oxygen atoms in total. The molecule has 1 atom stereocenters. The molecule has 1 aromatic carbocycles. The van der Waals surface area contributed by atoms with Crippen LogP contribution in [-0.4, -0.2) is 57.6 Å². The minimum atomic E-state index is -0.0860. The highest BCUT2D eigenvalue weighted by Crippen LogP contribution is 2.37. The first-order valence-corrected chi connectivity index (χ1v) is 8.68. The van der Waals surface area contributed by atoms with Crippen molar-refractivity contribution in [3.8, 4) is 11.5 Å². The van der Waals surface area contributed by atoms with Crippen LogP contribution in [0.3, 0.4) is 0 Å². The molecule has 24 heavy (non-hydrogen) atoms. The molecule has 1 fully saturated rings.